The highest BCUT2D eigenvalue weighted by molar-refractivity contribution is 8.04. The summed E-state index contributed by atoms with van der Waals surface area (Å²) in [5, 5.41) is 8.71. The quantitative estimate of drug-likeness (QED) is 0.817. The molecule has 0 fully saturated rings. The largest absolute Gasteiger partial charge is 0.399 e. The molecule has 3 rings (SSSR count). The van der Waals surface area contributed by atoms with E-state index in [4.69, 9.17) is 10.8 Å². The van der Waals surface area contributed by atoms with Crippen LogP contribution in [0.15, 0.2) is 65.2 Å². The molecule has 4 nitrogen and oxygen atoms in total. The van der Waals surface area contributed by atoms with Crippen LogP contribution in [0.5, 0.6) is 0 Å². The van der Waals surface area contributed by atoms with Crippen LogP contribution in [0.2, 0.25) is 0 Å². The number of aliphatic hydroxyl groups excluding tert-OH is 1. The normalized spacial score (nSPS) is 13.5. The second-order valence-electron chi connectivity index (χ2n) is 5.72. The SMILES string of the molecule is CC(=O)C1=C(C)N(CCO)CS1.Nc1ccc(-c2ccccc2)cc1. The molecule has 0 aliphatic carbocycles. The second kappa shape index (κ2) is 9.30. The van der Waals surface area contributed by atoms with Crippen molar-refractivity contribution in [1.29, 1.82) is 0 Å². The molecule has 0 unspecified atom stereocenters. The van der Waals surface area contributed by atoms with Crippen LogP contribution in [-0.4, -0.2) is 34.8 Å². The van der Waals surface area contributed by atoms with Gasteiger partial charge < -0.3 is 15.7 Å². The van der Waals surface area contributed by atoms with Crippen molar-refractivity contribution in [1.82, 2.24) is 4.90 Å². The predicted octanol–water partition coefficient (Wildman–Crippen LogP) is 3.74. The summed E-state index contributed by atoms with van der Waals surface area (Å²) in [6, 6.07) is 18.2. The summed E-state index contributed by atoms with van der Waals surface area (Å²) in [6.45, 7) is 4.26. The first-order valence-electron chi connectivity index (χ1n) is 8.14. The van der Waals surface area contributed by atoms with Gasteiger partial charge in [0.2, 0.25) is 0 Å². The first kappa shape index (κ1) is 19.1. The molecule has 0 saturated heterocycles. The van der Waals surface area contributed by atoms with Gasteiger partial charge in [-0.05, 0) is 37.1 Å². The van der Waals surface area contributed by atoms with Crippen LogP contribution in [0.1, 0.15) is 13.8 Å². The molecule has 3 N–H and O–H groups in total. The van der Waals surface area contributed by atoms with Crippen LogP contribution in [-0.2, 0) is 4.79 Å². The van der Waals surface area contributed by atoms with Crippen molar-refractivity contribution in [2.75, 3.05) is 24.8 Å². The summed E-state index contributed by atoms with van der Waals surface area (Å²) in [5.41, 5.74) is 9.84. The Bertz CT molecular complexity index is 727. The van der Waals surface area contributed by atoms with Gasteiger partial charge in [0.05, 0.1) is 17.4 Å². The maximum absolute atomic E-state index is 11.0. The van der Waals surface area contributed by atoms with Crippen molar-refractivity contribution < 1.29 is 9.90 Å². The molecule has 1 aliphatic heterocycles. The lowest BCUT2D eigenvalue weighted by atomic mass is 10.1. The first-order valence-corrected chi connectivity index (χ1v) is 9.13. The van der Waals surface area contributed by atoms with Crippen molar-refractivity contribution in [2.45, 2.75) is 13.8 Å². The summed E-state index contributed by atoms with van der Waals surface area (Å²) in [6.07, 6.45) is 0. The van der Waals surface area contributed by atoms with E-state index in [1.165, 1.54) is 11.1 Å². The number of thioether (sulfide) groups is 1. The minimum Gasteiger partial charge on any atom is -0.399 e. The Balaban J connectivity index is 0.000000181. The highest BCUT2D eigenvalue weighted by Crippen LogP contribution is 2.31. The predicted molar refractivity (Wildman–Crippen MR) is 106 cm³/mol. The van der Waals surface area contributed by atoms with E-state index >= 15 is 0 Å². The molecular weight excluding hydrogens is 332 g/mol. The van der Waals surface area contributed by atoms with Gasteiger partial charge in [-0.2, -0.15) is 0 Å². The molecule has 1 heterocycles. The van der Waals surface area contributed by atoms with Gasteiger partial charge in [-0.3, -0.25) is 4.79 Å². The molecule has 0 radical (unpaired) electrons. The number of ketones is 1. The number of carbonyl (C=O) groups is 1. The number of nitrogens with two attached hydrogens (primary N) is 1. The van der Waals surface area contributed by atoms with Gasteiger partial charge in [0.15, 0.2) is 5.78 Å². The number of β-amino-alcohol motifs (C(OH)–C–C–N with tert-alkyl or cyclic N) is 1. The Kier molecular flexibility index (Phi) is 7.10. The molecule has 1 aliphatic rings. The van der Waals surface area contributed by atoms with Crippen LogP contribution >= 0.6 is 11.8 Å². The zero-order valence-corrected chi connectivity index (χ0v) is 15.4. The summed E-state index contributed by atoms with van der Waals surface area (Å²) < 4.78 is 0. The van der Waals surface area contributed by atoms with Gasteiger partial charge in [-0.1, -0.05) is 54.2 Å². The van der Waals surface area contributed by atoms with Crippen LogP contribution in [0, 0.1) is 0 Å². The summed E-state index contributed by atoms with van der Waals surface area (Å²) >= 11 is 1.55. The Morgan fingerprint density at radius 1 is 1.12 bits per heavy atom. The summed E-state index contributed by atoms with van der Waals surface area (Å²) in [7, 11) is 0. The van der Waals surface area contributed by atoms with Gasteiger partial charge in [-0.15, -0.1) is 0 Å². The standard InChI is InChI=1S/C12H11N.C8H13NO2S/c13-12-8-6-11(7-9-12)10-4-2-1-3-5-10;1-6-8(7(2)11)12-5-9(6)3-4-10/h1-9H,13H2;10H,3-5H2,1-2H3. The Hall–Kier alpha value is -2.24. The number of aliphatic hydroxyl groups is 1. The Morgan fingerprint density at radius 3 is 2.24 bits per heavy atom. The molecule has 0 aromatic heterocycles. The zero-order chi connectivity index (χ0) is 18.2. The molecule has 0 saturated carbocycles. The number of nitrogens with zero attached hydrogens (tertiary/aromatic N) is 1. The monoisotopic (exact) mass is 356 g/mol. The van der Waals surface area contributed by atoms with Crippen LogP contribution in [0.3, 0.4) is 0 Å². The number of hydrogen-bond donors (Lipinski definition) is 2. The molecule has 0 atom stereocenters. The summed E-state index contributed by atoms with van der Waals surface area (Å²) in [4.78, 5) is 13.9. The molecule has 0 amide bonds. The van der Waals surface area contributed by atoms with E-state index in [2.05, 4.69) is 12.1 Å². The third-order valence-corrected chi connectivity index (χ3v) is 5.19. The lowest BCUT2D eigenvalue weighted by Gasteiger charge is -2.16. The van der Waals surface area contributed by atoms with Gasteiger partial charge in [-0.25, -0.2) is 0 Å². The molecule has 5 heteroatoms. The highest BCUT2D eigenvalue weighted by Gasteiger charge is 2.21. The number of rotatable bonds is 4. The number of nitrogen functional groups attached to an aromatic ring is 1. The smallest absolute Gasteiger partial charge is 0.167 e. The highest BCUT2D eigenvalue weighted by atomic mass is 32.2. The van der Waals surface area contributed by atoms with Crippen LogP contribution in [0.25, 0.3) is 11.1 Å². The zero-order valence-electron chi connectivity index (χ0n) is 14.6. The van der Waals surface area contributed by atoms with Crippen LogP contribution in [0.4, 0.5) is 5.69 Å². The second-order valence-corrected chi connectivity index (χ2v) is 6.67. The molecule has 0 bridgehead atoms. The fraction of sp³-hybridized carbons (Fsp3) is 0.250. The van der Waals surface area contributed by atoms with E-state index in [1.54, 1.807) is 18.7 Å². The van der Waals surface area contributed by atoms with Gasteiger partial charge in [0.25, 0.3) is 0 Å². The Labute approximate surface area is 153 Å². The average Bonchev–Trinajstić information content (AvgIpc) is 2.98. The topological polar surface area (TPSA) is 66.6 Å². The third kappa shape index (κ3) is 5.37. The van der Waals surface area contributed by atoms with Crippen LogP contribution < -0.4 is 5.73 Å². The molecule has 25 heavy (non-hydrogen) atoms. The number of benzene rings is 2. The average molecular weight is 356 g/mol. The van der Waals surface area contributed by atoms with Gasteiger partial charge >= 0.3 is 0 Å². The van der Waals surface area contributed by atoms with Crippen molar-refractivity contribution in [3.8, 4) is 11.1 Å². The maximum atomic E-state index is 11.0. The van der Waals surface area contributed by atoms with Crippen molar-refractivity contribution in [3.05, 3.63) is 65.2 Å². The number of carbonyl (C=O) groups excluding carboxylic acids is 1. The molecular formula is C20H24N2O2S. The maximum Gasteiger partial charge on any atom is 0.167 e. The number of anilines is 1. The first-order chi connectivity index (χ1) is 12.0. The van der Waals surface area contributed by atoms with Crippen molar-refractivity contribution in [2.24, 2.45) is 0 Å². The Morgan fingerprint density at radius 2 is 1.72 bits per heavy atom. The van der Waals surface area contributed by atoms with E-state index < -0.39 is 0 Å². The minimum absolute atomic E-state index is 0.123. The van der Waals surface area contributed by atoms with E-state index in [-0.39, 0.29) is 12.4 Å². The van der Waals surface area contributed by atoms with Gasteiger partial charge in [0, 0.05) is 17.9 Å². The lowest BCUT2D eigenvalue weighted by Crippen LogP contribution is -2.21. The van der Waals surface area contributed by atoms with E-state index in [9.17, 15) is 4.79 Å². The van der Waals surface area contributed by atoms with E-state index in [1.807, 2.05) is 54.3 Å². The molecule has 2 aromatic carbocycles. The van der Waals surface area contributed by atoms with E-state index in [0.717, 1.165) is 22.2 Å². The number of hydrogen-bond acceptors (Lipinski definition) is 5. The minimum atomic E-state index is 0.123. The van der Waals surface area contributed by atoms with E-state index in [0.29, 0.717) is 6.54 Å². The number of Topliss-reactive ketones (excluding diaryl/α,β-unsaturated/α-hetero) is 1. The van der Waals surface area contributed by atoms with Crippen molar-refractivity contribution >= 4 is 23.2 Å². The third-order valence-electron chi connectivity index (χ3n) is 3.88. The molecule has 2 aromatic rings. The van der Waals surface area contributed by atoms with Gasteiger partial charge in [0.1, 0.15) is 0 Å². The van der Waals surface area contributed by atoms with Crippen molar-refractivity contribution in [3.63, 3.8) is 0 Å². The lowest BCUT2D eigenvalue weighted by molar-refractivity contribution is -0.113. The number of allylic oxidation sites excluding steroid dienone is 2. The fourth-order valence-electron chi connectivity index (χ4n) is 2.50. The molecule has 0 spiro atoms. The summed E-state index contributed by atoms with van der Waals surface area (Å²) in [5.74, 6) is 0.916. The fourth-order valence-corrected chi connectivity index (χ4v) is 3.65. The molecule has 132 valence electrons.